The summed E-state index contributed by atoms with van der Waals surface area (Å²) < 4.78 is 135. The van der Waals surface area contributed by atoms with Gasteiger partial charge in [0.1, 0.15) is 0 Å². The number of carbonyl (C=O) groups excluding carboxylic acids is 2. The molecule has 2 aromatic carbocycles. The van der Waals surface area contributed by atoms with Crippen molar-refractivity contribution in [2.24, 2.45) is 0 Å². The Morgan fingerprint density at radius 3 is 2.00 bits per heavy atom. The van der Waals surface area contributed by atoms with E-state index in [9.17, 15) is 54.2 Å². The van der Waals surface area contributed by atoms with Gasteiger partial charge in [-0.2, -0.15) is 39.5 Å². The average molecular weight is 761 g/mol. The molecule has 0 fully saturated rings. The zero-order chi connectivity index (χ0) is 37.0. The molecular weight excluding hydrogens is 730 g/mol. The Labute approximate surface area is 328 Å². The minimum atomic E-state index is -5.18. The van der Waals surface area contributed by atoms with Crippen molar-refractivity contribution in [3.8, 4) is 5.75 Å². The molecule has 0 saturated carbocycles. The number of aromatic nitrogens is 2. The van der Waals surface area contributed by atoms with Crippen molar-refractivity contribution >= 4 is 23.7 Å². The maximum absolute atomic E-state index is 14.0. The van der Waals surface area contributed by atoms with Crippen molar-refractivity contribution in [1.29, 1.82) is 0 Å². The van der Waals surface area contributed by atoms with Crippen molar-refractivity contribution in [3.63, 3.8) is 0 Å². The molecule has 0 aliphatic carbocycles. The third-order valence-corrected chi connectivity index (χ3v) is 7.81. The molecule has 0 N–H and O–H groups in total. The van der Waals surface area contributed by atoms with Crippen molar-refractivity contribution < 1.29 is 115 Å². The molecule has 19 heteroatoms. The second kappa shape index (κ2) is 17.1. The zero-order valence-corrected chi connectivity index (χ0v) is 30.6. The van der Waals surface area contributed by atoms with Crippen LogP contribution in [0.3, 0.4) is 0 Å². The Bertz CT molecular complexity index is 1640. The first-order valence-corrected chi connectivity index (χ1v) is 15.2. The summed E-state index contributed by atoms with van der Waals surface area (Å²) in [6.45, 7) is 2.31. The van der Waals surface area contributed by atoms with Crippen LogP contribution in [0.5, 0.6) is 5.75 Å². The Balaban J connectivity index is 0.00000702. The molecule has 2 heterocycles. The van der Waals surface area contributed by atoms with Gasteiger partial charge in [0.05, 0.1) is 54.0 Å². The SMILES string of the molecule is CCOC(=O)N1c2ccc(C(F)(F)F)cc2[C@@H](N(Cc2cc(C(F)(F)F)cc(C(F)(F)F)c2)c2ncc(OCCCC(=O)[O-])cn2)C[C@H]1CC.[K+]. The number of fused-ring (bicyclic) bond motifs is 1. The maximum Gasteiger partial charge on any atom is 1.00 e. The second-order valence-corrected chi connectivity index (χ2v) is 11.2. The fraction of sp³-hybridized carbons (Fsp3) is 0.438. The van der Waals surface area contributed by atoms with Crippen LogP contribution in [0.15, 0.2) is 48.8 Å². The molecule has 2 atom stereocenters. The number of carbonyl (C=O) groups is 2. The number of alkyl halides is 9. The number of carboxylic acids is 1. The summed E-state index contributed by atoms with van der Waals surface area (Å²) in [4.78, 5) is 34.4. The summed E-state index contributed by atoms with van der Waals surface area (Å²) in [6, 6.07) is 1.53. The molecule has 0 saturated heterocycles. The van der Waals surface area contributed by atoms with E-state index in [4.69, 9.17) is 9.47 Å². The van der Waals surface area contributed by atoms with Gasteiger partial charge in [0.25, 0.3) is 0 Å². The summed E-state index contributed by atoms with van der Waals surface area (Å²) in [5.41, 5.74) is -4.99. The van der Waals surface area contributed by atoms with E-state index in [2.05, 4.69) is 9.97 Å². The van der Waals surface area contributed by atoms with E-state index in [0.717, 1.165) is 30.6 Å². The van der Waals surface area contributed by atoms with E-state index < -0.39 is 71.5 Å². The smallest absolute Gasteiger partial charge is 0.550 e. The zero-order valence-electron chi connectivity index (χ0n) is 27.5. The van der Waals surface area contributed by atoms with Gasteiger partial charge in [-0.15, -0.1) is 0 Å². The number of anilines is 2. The van der Waals surface area contributed by atoms with Crippen LogP contribution in [0.25, 0.3) is 0 Å². The molecule has 0 spiro atoms. The van der Waals surface area contributed by atoms with Crippen LogP contribution in [-0.4, -0.2) is 41.3 Å². The molecule has 9 nitrogen and oxygen atoms in total. The topological polar surface area (TPSA) is 108 Å². The number of carboxylic acid groups (broad SMARTS) is 1. The molecule has 1 aliphatic heterocycles. The molecule has 0 unspecified atom stereocenters. The van der Waals surface area contributed by atoms with E-state index in [1.165, 1.54) is 16.7 Å². The molecule has 0 bridgehead atoms. The Morgan fingerprint density at radius 2 is 1.49 bits per heavy atom. The standard InChI is InChI=1S/C32H31F9N4O5.K/c1-3-22-14-26(24-13-19(30(33,34)35)7-8-25(24)45(22)29(48)49-4-2)44(28-42-15-23(16-43-28)50-9-5-6-27(46)47)17-18-10-20(31(36,37)38)12-21(11-18)32(39,40)41;/h7-8,10-13,15-16,22,26H,3-6,9,14,17H2,1-2H3,(H,46,47);/q;+1/p-1/t22-,26+;/m1./s1. The van der Waals surface area contributed by atoms with Gasteiger partial charge in [-0.1, -0.05) is 6.92 Å². The first-order valence-electron chi connectivity index (χ1n) is 15.2. The van der Waals surface area contributed by atoms with Crippen LogP contribution >= 0.6 is 0 Å². The van der Waals surface area contributed by atoms with Gasteiger partial charge >= 0.3 is 76.0 Å². The van der Waals surface area contributed by atoms with E-state index in [1.54, 1.807) is 6.92 Å². The molecule has 1 aliphatic rings. The summed E-state index contributed by atoms with van der Waals surface area (Å²) in [6.07, 6.45) is -14.1. The molecule has 272 valence electrons. The number of ether oxygens (including phenoxy) is 2. The van der Waals surface area contributed by atoms with Gasteiger partial charge in [-0.25, -0.2) is 14.8 Å². The van der Waals surface area contributed by atoms with Gasteiger partial charge in [0, 0.05) is 18.6 Å². The number of nitrogens with zero attached hydrogens (tertiary/aromatic N) is 4. The third-order valence-electron chi connectivity index (χ3n) is 7.81. The summed E-state index contributed by atoms with van der Waals surface area (Å²) in [5.74, 6) is -1.59. The minimum Gasteiger partial charge on any atom is -0.550 e. The molecular formula is C32H30F9KN4O5. The quantitative estimate of drug-likeness (QED) is 0.162. The normalized spacial score (nSPS) is 16.2. The number of halogens is 9. The largest absolute Gasteiger partial charge is 1.00 e. The number of hydrogen-bond acceptors (Lipinski definition) is 8. The van der Waals surface area contributed by atoms with Crippen LogP contribution in [-0.2, 0) is 34.6 Å². The summed E-state index contributed by atoms with van der Waals surface area (Å²) in [5, 5.41) is 10.7. The molecule has 1 amide bonds. The maximum atomic E-state index is 14.0. The Kier molecular flexibility index (Phi) is 14.2. The fourth-order valence-corrected chi connectivity index (χ4v) is 5.56. The predicted octanol–water partition coefficient (Wildman–Crippen LogP) is 4.34. The first kappa shape index (κ1) is 42.3. The number of aliphatic carboxylic acids is 1. The minimum absolute atomic E-state index is 0. The molecule has 1 aromatic heterocycles. The van der Waals surface area contributed by atoms with Gasteiger partial charge in [0.15, 0.2) is 5.75 Å². The van der Waals surface area contributed by atoms with Crippen molar-refractivity contribution in [3.05, 3.63) is 76.6 Å². The van der Waals surface area contributed by atoms with Crippen LogP contribution < -0.4 is 71.0 Å². The van der Waals surface area contributed by atoms with Crippen LogP contribution in [0.1, 0.15) is 73.4 Å². The number of hydrogen-bond donors (Lipinski definition) is 0. The van der Waals surface area contributed by atoms with Gasteiger partial charge in [0.2, 0.25) is 5.95 Å². The Hall–Kier alpha value is -3.13. The van der Waals surface area contributed by atoms with Crippen LogP contribution in [0, 0.1) is 0 Å². The number of benzene rings is 2. The van der Waals surface area contributed by atoms with Gasteiger partial charge < -0.3 is 24.3 Å². The number of rotatable bonds is 11. The van der Waals surface area contributed by atoms with E-state index in [-0.39, 0.29) is 119 Å². The van der Waals surface area contributed by atoms with Gasteiger partial charge in [-0.05, 0) is 80.1 Å². The molecule has 51 heavy (non-hydrogen) atoms. The van der Waals surface area contributed by atoms with E-state index in [0.29, 0.717) is 12.1 Å². The van der Waals surface area contributed by atoms with Crippen molar-refractivity contribution in [2.45, 2.75) is 76.7 Å². The summed E-state index contributed by atoms with van der Waals surface area (Å²) in [7, 11) is 0. The molecule has 4 rings (SSSR count). The van der Waals surface area contributed by atoms with Gasteiger partial charge in [-0.3, -0.25) is 4.90 Å². The Morgan fingerprint density at radius 1 is 0.902 bits per heavy atom. The molecule has 0 radical (unpaired) electrons. The third kappa shape index (κ3) is 10.7. The summed E-state index contributed by atoms with van der Waals surface area (Å²) >= 11 is 0. The van der Waals surface area contributed by atoms with Crippen LogP contribution in [0.2, 0.25) is 0 Å². The molecule has 3 aromatic rings. The number of amides is 1. The van der Waals surface area contributed by atoms with Crippen molar-refractivity contribution in [1.82, 2.24) is 9.97 Å². The van der Waals surface area contributed by atoms with E-state index >= 15 is 0 Å². The predicted molar refractivity (Wildman–Crippen MR) is 157 cm³/mol. The van der Waals surface area contributed by atoms with Crippen molar-refractivity contribution in [2.75, 3.05) is 23.0 Å². The van der Waals surface area contributed by atoms with E-state index in [1.807, 2.05) is 0 Å². The monoisotopic (exact) mass is 760 g/mol. The average Bonchev–Trinajstić information content (AvgIpc) is 3.03. The second-order valence-electron chi connectivity index (χ2n) is 11.2. The first-order chi connectivity index (χ1) is 23.3. The van der Waals surface area contributed by atoms with Crippen LogP contribution in [0.4, 0.5) is 55.9 Å². The fourth-order valence-electron chi connectivity index (χ4n) is 5.56.